The van der Waals surface area contributed by atoms with E-state index in [-0.39, 0.29) is 23.9 Å². The molecule has 0 aliphatic carbocycles. The highest BCUT2D eigenvalue weighted by Gasteiger charge is 2.08. The van der Waals surface area contributed by atoms with Crippen LogP contribution in [-0.2, 0) is 6.54 Å². The molecule has 2 aromatic rings. The minimum atomic E-state index is -0.222. The first-order chi connectivity index (χ1) is 9.19. The van der Waals surface area contributed by atoms with Crippen LogP contribution in [-0.4, -0.2) is 22.6 Å². The van der Waals surface area contributed by atoms with Crippen molar-refractivity contribution < 1.29 is 9.90 Å². The maximum Gasteiger partial charge on any atom is 0.304 e. The van der Waals surface area contributed by atoms with E-state index in [9.17, 15) is 9.59 Å². The lowest BCUT2D eigenvalue weighted by Crippen LogP contribution is -2.22. The number of amides is 1. The minimum absolute atomic E-state index is 0.138. The Morgan fingerprint density at radius 3 is 2.95 bits per heavy atom. The molecule has 3 N–H and O–H groups in total. The number of hydrogen-bond acceptors (Lipinski definition) is 5. The van der Waals surface area contributed by atoms with Gasteiger partial charge in [-0.3, -0.25) is 9.59 Å². The summed E-state index contributed by atoms with van der Waals surface area (Å²) in [7, 11) is 0. The molecule has 0 radical (unpaired) electrons. The highest BCUT2D eigenvalue weighted by molar-refractivity contribution is 7.10. The van der Waals surface area contributed by atoms with Crippen LogP contribution in [0.4, 0.5) is 0 Å². The molecule has 7 heteroatoms. The summed E-state index contributed by atoms with van der Waals surface area (Å²) in [5.41, 5.74) is 1.20. The average Bonchev–Trinajstić information content (AvgIpc) is 3.02. The van der Waals surface area contributed by atoms with Crippen LogP contribution in [0.25, 0.3) is 0 Å². The molecule has 1 amide bonds. The van der Waals surface area contributed by atoms with Crippen LogP contribution >= 0.6 is 22.7 Å². The van der Waals surface area contributed by atoms with Crippen LogP contribution in [0.15, 0.2) is 21.6 Å². The number of nitrogens with one attached hydrogen (secondary N) is 2. The van der Waals surface area contributed by atoms with Crippen molar-refractivity contribution in [1.29, 1.82) is 0 Å². The number of aromatic nitrogens is 1. The van der Waals surface area contributed by atoms with Crippen molar-refractivity contribution in [2.45, 2.75) is 6.54 Å². The van der Waals surface area contributed by atoms with E-state index < -0.39 is 0 Å². The van der Waals surface area contributed by atoms with E-state index in [1.165, 1.54) is 11.3 Å². The van der Waals surface area contributed by atoms with E-state index in [1.54, 1.807) is 16.8 Å². The van der Waals surface area contributed by atoms with Crippen molar-refractivity contribution >= 4 is 28.6 Å². The lowest BCUT2D eigenvalue weighted by molar-refractivity contribution is 0.0951. The Morgan fingerprint density at radius 1 is 1.42 bits per heavy atom. The fourth-order valence-electron chi connectivity index (χ4n) is 1.33. The largest absolute Gasteiger partial charge is 0.384 e. The van der Waals surface area contributed by atoms with Gasteiger partial charge in [0.1, 0.15) is 6.61 Å². The number of thiazole rings is 1. The minimum Gasteiger partial charge on any atom is -0.384 e. The molecule has 0 aliphatic heterocycles. The molecule has 0 spiro atoms. The van der Waals surface area contributed by atoms with Gasteiger partial charge in [-0.2, -0.15) is 0 Å². The summed E-state index contributed by atoms with van der Waals surface area (Å²) in [6.45, 7) is 0.0794. The van der Waals surface area contributed by atoms with Crippen molar-refractivity contribution in [3.8, 4) is 11.8 Å². The predicted octanol–water partition coefficient (Wildman–Crippen LogP) is 0.772. The summed E-state index contributed by atoms with van der Waals surface area (Å²) in [6.07, 6.45) is 0. The summed E-state index contributed by atoms with van der Waals surface area (Å²) in [5.74, 6) is 5.04. The summed E-state index contributed by atoms with van der Waals surface area (Å²) in [4.78, 5) is 26.0. The van der Waals surface area contributed by atoms with Gasteiger partial charge in [0.05, 0.1) is 17.0 Å². The van der Waals surface area contributed by atoms with Crippen LogP contribution < -0.4 is 10.2 Å². The molecule has 2 heterocycles. The monoisotopic (exact) mass is 294 g/mol. The van der Waals surface area contributed by atoms with Gasteiger partial charge in [-0.1, -0.05) is 23.2 Å². The first-order valence-corrected chi connectivity index (χ1v) is 7.08. The fraction of sp³-hybridized carbons (Fsp3) is 0.167. The summed E-state index contributed by atoms with van der Waals surface area (Å²) < 4.78 is 0. The van der Waals surface area contributed by atoms with Gasteiger partial charge in [-0.15, -0.1) is 11.3 Å². The molecule has 0 unspecified atom stereocenters. The zero-order valence-electron chi connectivity index (χ0n) is 9.73. The topological polar surface area (TPSA) is 82.2 Å². The lowest BCUT2D eigenvalue weighted by atomic mass is 10.3. The van der Waals surface area contributed by atoms with E-state index in [0.717, 1.165) is 16.2 Å². The van der Waals surface area contributed by atoms with Crippen molar-refractivity contribution in [3.05, 3.63) is 42.6 Å². The first kappa shape index (κ1) is 13.5. The van der Waals surface area contributed by atoms with Crippen LogP contribution in [0, 0.1) is 11.8 Å². The molecule has 0 aromatic carbocycles. The summed E-state index contributed by atoms with van der Waals surface area (Å²) >= 11 is 2.41. The van der Waals surface area contributed by atoms with Crippen LogP contribution in [0.5, 0.6) is 0 Å². The van der Waals surface area contributed by atoms with Gasteiger partial charge in [0, 0.05) is 16.5 Å². The number of carbonyl (C=O) groups is 1. The van der Waals surface area contributed by atoms with Crippen molar-refractivity contribution in [3.63, 3.8) is 0 Å². The Balaban J connectivity index is 1.96. The Labute approximate surface area is 116 Å². The van der Waals surface area contributed by atoms with Gasteiger partial charge >= 0.3 is 4.87 Å². The highest BCUT2D eigenvalue weighted by atomic mass is 32.1. The number of hydrogen-bond donors (Lipinski definition) is 3. The molecule has 0 saturated heterocycles. The third kappa shape index (κ3) is 3.79. The smallest absolute Gasteiger partial charge is 0.304 e. The molecule has 2 rings (SSSR count). The fourth-order valence-corrected chi connectivity index (χ4v) is 2.66. The molecule has 0 fully saturated rings. The van der Waals surface area contributed by atoms with E-state index >= 15 is 0 Å². The lowest BCUT2D eigenvalue weighted by Gasteiger charge is -2.00. The Morgan fingerprint density at radius 2 is 2.26 bits per heavy atom. The standard InChI is InChI=1S/C12H10N2O3S2/c15-3-1-2-10-4-8(6-18-10)11(16)13-5-9-7-19-12(17)14-9/h4,6-7,15H,3,5H2,(H,13,16)(H,14,17). The molecule has 0 aliphatic rings. The molecule has 0 bridgehead atoms. The second kappa shape index (κ2) is 6.33. The van der Waals surface area contributed by atoms with Crippen molar-refractivity contribution in [2.24, 2.45) is 0 Å². The van der Waals surface area contributed by atoms with Gasteiger partial charge in [0.25, 0.3) is 5.91 Å². The number of aliphatic hydroxyl groups excluding tert-OH is 1. The molecule has 19 heavy (non-hydrogen) atoms. The van der Waals surface area contributed by atoms with E-state index in [4.69, 9.17) is 5.11 Å². The second-order valence-corrected chi connectivity index (χ2v) is 5.27. The average molecular weight is 294 g/mol. The molecular weight excluding hydrogens is 284 g/mol. The zero-order valence-corrected chi connectivity index (χ0v) is 11.4. The van der Waals surface area contributed by atoms with E-state index in [1.807, 2.05) is 0 Å². The predicted molar refractivity (Wildman–Crippen MR) is 74.4 cm³/mol. The van der Waals surface area contributed by atoms with Crippen molar-refractivity contribution in [2.75, 3.05) is 6.61 Å². The van der Waals surface area contributed by atoms with Gasteiger partial charge in [-0.25, -0.2) is 0 Å². The molecule has 2 aromatic heterocycles. The molecule has 0 saturated carbocycles. The molecule has 98 valence electrons. The SMILES string of the molecule is O=C(NCc1csc(=O)[nH]1)c1csc(C#CCO)c1. The normalized spacial score (nSPS) is 9.74. The highest BCUT2D eigenvalue weighted by Crippen LogP contribution is 2.13. The number of rotatable bonds is 3. The Kier molecular flexibility index (Phi) is 4.52. The van der Waals surface area contributed by atoms with E-state index in [0.29, 0.717) is 11.3 Å². The zero-order chi connectivity index (χ0) is 13.7. The van der Waals surface area contributed by atoms with Crippen molar-refractivity contribution in [1.82, 2.24) is 10.3 Å². The summed E-state index contributed by atoms with van der Waals surface area (Å²) in [6, 6.07) is 1.67. The number of H-pyrrole nitrogens is 1. The third-order valence-electron chi connectivity index (χ3n) is 2.16. The number of aliphatic hydroxyl groups is 1. The van der Waals surface area contributed by atoms with Gasteiger partial charge in [-0.05, 0) is 6.07 Å². The van der Waals surface area contributed by atoms with Crippen LogP contribution in [0.2, 0.25) is 0 Å². The molecule has 5 nitrogen and oxygen atoms in total. The Hall–Kier alpha value is -1.88. The number of aromatic amines is 1. The van der Waals surface area contributed by atoms with Gasteiger partial charge < -0.3 is 15.4 Å². The van der Waals surface area contributed by atoms with Gasteiger partial charge in [0.2, 0.25) is 0 Å². The Bertz CT molecular complexity index is 687. The maximum atomic E-state index is 11.8. The van der Waals surface area contributed by atoms with Crippen LogP contribution in [0.1, 0.15) is 20.9 Å². The quantitative estimate of drug-likeness (QED) is 0.731. The summed E-state index contributed by atoms with van der Waals surface area (Å²) in [5, 5.41) is 14.7. The molecular formula is C12H10N2O3S2. The molecule has 0 atom stereocenters. The maximum absolute atomic E-state index is 11.8. The van der Waals surface area contributed by atoms with E-state index in [2.05, 4.69) is 22.1 Å². The first-order valence-electron chi connectivity index (χ1n) is 5.32. The van der Waals surface area contributed by atoms with Crippen LogP contribution in [0.3, 0.4) is 0 Å². The second-order valence-electron chi connectivity index (χ2n) is 3.52. The third-order valence-corrected chi connectivity index (χ3v) is 3.73. The number of carbonyl (C=O) groups excluding carboxylic acids is 1. The van der Waals surface area contributed by atoms with Gasteiger partial charge in [0.15, 0.2) is 0 Å². The number of thiophene rings is 1.